The minimum atomic E-state index is 0.633. The monoisotopic (exact) mass is 333 g/mol. The van der Waals surface area contributed by atoms with Crippen molar-refractivity contribution in [1.29, 1.82) is 0 Å². The molecule has 1 aromatic heterocycles. The Balaban J connectivity index is 1.64. The molecule has 2 N–H and O–H groups in total. The van der Waals surface area contributed by atoms with Crippen LogP contribution in [0.25, 0.3) is 0 Å². The van der Waals surface area contributed by atoms with E-state index in [0.717, 1.165) is 37.1 Å². The minimum Gasteiger partial charge on any atom is -0.481 e. The Bertz CT molecular complexity index is 503. The normalized spacial score (nSPS) is 19.1. The SMILES string of the molecule is CN=C(NCCCN1CCCCC1C)NCc1ccc(OC)nc1. The van der Waals surface area contributed by atoms with Crippen molar-refractivity contribution in [3.8, 4) is 5.88 Å². The van der Waals surface area contributed by atoms with Crippen LogP contribution in [-0.4, -0.2) is 55.7 Å². The summed E-state index contributed by atoms with van der Waals surface area (Å²) in [4.78, 5) is 11.1. The molecule has 0 bridgehead atoms. The van der Waals surface area contributed by atoms with Crippen LogP contribution in [0, 0.1) is 0 Å². The van der Waals surface area contributed by atoms with Crippen LogP contribution in [-0.2, 0) is 6.54 Å². The predicted octanol–water partition coefficient (Wildman–Crippen LogP) is 2.02. The van der Waals surface area contributed by atoms with Gasteiger partial charge in [0.15, 0.2) is 5.96 Å². The van der Waals surface area contributed by atoms with Gasteiger partial charge in [-0.2, -0.15) is 0 Å². The van der Waals surface area contributed by atoms with Gasteiger partial charge in [-0.25, -0.2) is 4.98 Å². The van der Waals surface area contributed by atoms with Gasteiger partial charge in [0.25, 0.3) is 0 Å². The van der Waals surface area contributed by atoms with Crippen LogP contribution < -0.4 is 15.4 Å². The summed E-state index contributed by atoms with van der Waals surface area (Å²) in [5.74, 6) is 1.46. The van der Waals surface area contributed by atoms with Crippen LogP contribution >= 0.6 is 0 Å². The average Bonchev–Trinajstić information content (AvgIpc) is 2.63. The fourth-order valence-electron chi connectivity index (χ4n) is 3.02. The Morgan fingerprint density at radius 3 is 2.92 bits per heavy atom. The molecular weight excluding hydrogens is 302 g/mol. The second kappa shape index (κ2) is 10.1. The fourth-order valence-corrected chi connectivity index (χ4v) is 3.02. The standard InChI is InChI=1S/C18H31N5O/c1-15-7-4-5-11-23(15)12-6-10-20-18(19-2)22-14-16-8-9-17(24-3)21-13-16/h8-9,13,15H,4-7,10-12,14H2,1-3H3,(H2,19,20,22). The summed E-state index contributed by atoms with van der Waals surface area (Å²) in [5.41, 5.74) is 1.10. The summed E-state index contributed by atoms with van der Waals surface area (Å²) >= 11 is 0. The first-order valence-corrected chi connectivity index (χ1v) is 8.90. The number of pyridine rings is 1. The van der Waals surface area contributed by atoms with E-state index in [2.05, 4.69) is 32.4 Å². The van der Waals surface area contributed by atoms with E-state index in [1.54, 1.807) is 14.2 Å². The molecule has 6 nitrogen and oxygen atoms in total. The molecule has 24 heavy (non-hydrogen) atoms. The van der Waals surface area contributed by atoms with Gasteiger partial charge in [-0.15, -0.1) is 0 Å². The van der Waals surface area contributed by atoms with Crippen molar-refractivity contribution >= 4 is 5.96 Å². The molecule has 1 saturated heterocycles. The molecule has 2 rings (SSSR count). The molecule has 1 fully saturated rings. The van der Waals surface area contributed by atoms with Crippen molar-refractivity contribution < 1.29 is 4.74 Å². The molecule has 0 aromatic carbocycles. The Hall–Kier alpha value is -1.82. The number of likely N-dealkylation sites (tertiary alicyclic amines) is 1. The lowest BCUT2D eigenvalue weighted by Gasteiger charge is -2.33. The zero-order chi connectivity index (χ0) is 17.2. The maximum atomic E-state index is 5.07. The fraction of sp³-hybridized carbons (Fsp3) is 0.667. The molecule has 1 aromatic rings. The number of rotatable bonds is 7. The molecule has 0 spiro atoms. The maximum absolute atomic E-state index is 5.07. The Morgan fingerprint density at radius 1 is 1.38 bits per heavy atom. The summed E-state index contributed by atoms with van der Waals surface area (Å²) in [6, 6.07) is 4.61. The number of aromatic nitrogens is 1. The van der Waals surface area contributed by atoms with Gasteiger partial charge >= 0.3 is 0 Å². The summed E-state index contributed by atoms with van der Waals surface area (Å²) in [6.45, 7) is 6.38. The lowest BCUT2D eigenvalue weighted by atomic mass is 10.0. The molecule has 1 aliphatic rings. The number of hydrogen-bond acceptors (Lipinski definition) is 4. The van der Waals surface area contributed by atoms with E-state index in [1.807, 2.05) is 18.3 Å². The number of nitrogens with zero attached hydrogens (tertiary/aromatic N) is 3. The number of ether oxygens (including phenoxy) is 1. The molecule has 0 radical (unpaired) electrons. The van der Waals surface area contributed by atoms with E-state index in [-0.39, 0.29) is 0 Å². The molecule has 1 atom stereocenters. The van der Waals surface area contributed by atoms with Crippen LogP contribution in [0.5, 0.6) is 5.88 Å². The molecule has 1 unspecified atom stereocenters. The van der Waals surface area contributed by atoms with Gasteiger partial charge in [-0.3, -0.25) is 4.99 Å². The third-order valence-electron chi connectivity index (χ3n) is 4.55. The quantitative estimate of drug-likeness (QED) is 0.454. The van der Waals surface area contributed by atoms with Gasteiger partial charge in [0.2, 0.25) is 5.88 Å². The second-order valence-corrected chi connectivity index (χ2v) is 6.30. The molecule has 0 saturated carbocycles. The highest BCUT2D eigenvalue weighted by atomic mass is 16.5. The average molecular weight is 333 g/mol. The number of guanidine groups is 1. The first-order chi connectivity index (χ1) is 11.7. The van der Waals surface area contributed by atoms with Crippen LogP contribution in [0.2, 0.25) is 0 Å². The van der Waals surface area contributed by atoms with Crippen molar-refractivity contribution in [3.63, 3.8) is 0 Å². The third kappa shape index (κ3) is 6.00. The molecule has 6 heteroatoms. The highest BCUT2D eigenvalue weighted by Gasteiger charge is 2.17. The van der Waals surface area contributed by atoms with Crippen LogP contribution in [0.3, 0.4) is 0 Å². The smallest absolute Gasteiger partial charge is 0.212 e. The van der Waals surface area contributed by atoms with Gasteiger partial charge in [0, 0.05) is 45.0 Å². The van der Waals surface area contributed by atoms with Gasteiger partial charge in [-0.05, 0) is 38.3 Å². The molecule has 134 valence electrons. The van der Waals surface area contributed by atoms with E-state index >= 15 is 0 Å². The highest BCUT2D eigenvalue weighted by molar-refractivity contribution is 5.79. The van der Waals surface area contributed by atoms with E-state index in [4.69, 9.17) is 4.74 Å². The predicted molar refractivity (Wildman–Crippen MR) is 98.5 cm³/mol. The molecule has 1 aliphatic heterocycles. The summed E-state index contributed by atoms with van der Waals surface area (Å²) in [6.07, 6.45) is 7.02. The zero-order valence-corrected chi connectivity index (χ0v) is 15.2. The van der Waals surface area contributed by atoms with Crippen molar-refractivity contribution in [2.75, 3.05) is 33.8 Å². The Kier molecular flexibility index (Phi) is 7.82. The number of piperidine rings is 1. The van der Waals surface area contributed by atoms with E-state index in [0.29, 0.717) is 12.4 Å². The minimum absolute atomic E-state index is 0.633. The van der Waals surface area contributed by atoms with Crippen LogP contribution in [0.15, 0.2) is 23.3 Å². The number of nitrogens with one attached hydrogen (secondary N) is 2. The van der Waals surface area contributed by atoms with E-state index in [1.165, 1.54) is 25.8 Å². The molecule has 0 amide bonds. The number of hydrogen-bond donors (Lipinski definition) is 2. The van der Waals surface area contributed by atoms with Crippen molar-refractivity contribution in [2.45, 2.75) is 45.2 Å². The number of methoxy groups -OCH3 is 1. The van der Waals surface area contributed by atoms with Crippen molar-refractivity contribution in [1.82, 2.24) is 20.5 Å². The van der Waals surface area contributed by atoms with Gasteiger partial charge in [0.05, 0.1) is 7.11 Å². The lowest BCUT2D eigenvalue weighted by Crippen LogP contribution is -2.41. The Morgan fingerprint density at radius 2 is 2.25 bits per heavy atom. The van der Waals surface area contributed by atoms with Gasteiger partial charge in [-0.1, -0.05) is 12.5 Å². The Labute approximate surface area is 145 Å². The lowest BCUT2D eigenvalue weighted by molar-refractivity contribution is 0.159. The van der Waals surface area contributed by atoms with E-state index in [9.17, 15) is 0 Å². The summed E-state index contributed by atoms with van der Waals surface area (Å²) < 4.78 is 5.07. The molecule has 0 aliphatic carbocycles. The largest absolute Gasteiger partial charge is 0.481 e. The zero-order valence-electron chi connectivity index (χ0n) is 15.2. The molecular formula is C18H31N5O. The number of aliphatic imine (C=N–C) groups is 1. The van der Waals surface area contributed by atoms with Gasteiger partial charge in [0.1, 0.15) is 0 Å². The summed E-state index contributed by atoms with van der Waals surface area (Å²) in [5, 5.41) is 6.70. The second-order valence-electron chi connectivity index (χ2n) is 6.30. The van der Waals surface area contributed by atoms with Crippen LogP contribution in [0.4, 0.5) is 0 Å². The highest BCUT2D eigenvalue weighted by Crippen LogP contribution is 2.16. The van der Waals surface area contributed by atoms with Crippen LogP contribution in [0.1, 0.15) is 38.2 Å². The van der Waals surface area contributed by atoms with E-state index < -0.39 is 0 Å². The van der Waals surface area contributed by atoms with Crippen molar-refractivity contribution in [3.05, 3.63) is 23.9 Å². The third-order valence-corrected chi connectivity index (χ3v) is 4.55. The maximum Gasteiger partial charge on any atom is 0.212 e. The first kappa shape index (κ1) is 18.5. The van der Waals surface area contributed by atoms with Gasteiger partial charge < -0.3 is 20.3 Å². The van der Waals surface area contributed by atoms with Crippen molar-refractivity contribution in [2.24, 2.45) is 4.99 Å². The first-order valence-electron chi connectivity index (χ1n) is 8.90. The molecule has 2 heterocycles. The summed E-state index contributed by atoms with van der Waals surface area (Å²) in [7, 11) is 3.42. The topological polar surface area (TPSA) is 61.8 Å².